The number of fused-ring (bicyclic) bond motifs is 1. The number of carbonyl (C=O) groups is 1. The van der Waals surface area contributed by atoms with E-state index >= 15 is 0 Å². The zero-order chi connectivity index (χ0) is 18.6. The summed E-state index contributed by atoms with van der Waals surface area (Å²) in [7, 11) is 1.71. The van der Waals surface area contributed by atoms with Crippen LogP contribution in [-0.4, -0.2) is 46.5 Å². The van der Waals surface area contributed by atoms with E-state index in [1.165, 1.54) is 15.9 Å². The predicted octanol–water partition coefficient (Wildman–Crippen LogP) is 2.46. The Morgan fingerprint density at radius 3 is 2.56 bits per heavy atom. The summed E-state index contributed by atoms with van der Waals surface area (Å²) in [5.74, 6) is 0.546. The third-order valence-electron chi connectivity index (χ3n) is 4.68. The van der Waals surface area contributed by atoms with E-state index in [0.29, 0.717) is 27.5 Å². The number of nitrogens with one attached hydrogen (secondary N) is 1. The fourth-order valence-corrected chi connectivity index (χ4v) is 4.00. The first kappa shape index (κ1) is 19.6. The zero-order valence-electron chi connectivity index (χ0n) is 15.8. The summed E-state index contributed by atoms with van der Waals surface area (Å²) in [5.41, 5.74) is 0.642. The summed E-state index contributed by atoms with van der Waals surface area (Å²) in [4.78, 5) is 33.0. The number of aryl methyl sites for hydroxylation is 2. The number of nitrogens with zero attached hydrogens (tertiary/aromatic N) is 3. The largest absolute Gasteiger partial charge is 0.351 e. The third-order valence-corrected chi connectivity index (χ3v) is 5.87. The first-order chi connectivity index (χ1) is 11.9. The Morgan fingerprint density at radius 2 is 1.92 bits per heavy atom. The molecule has 0 radical (unpaired) electrons. The normalized spacial score (nSPS) is 11.4. The van der Waals surface area contributed by atoms with Gasteiger partial charge >= 0.3 is 0 Å². The molecule has 0 saturated heterocycles. The number of unbranched alkanes of at least 4 members (excludes halogenated alkanes) is 1. The molecular formula is C18H28N4O2S. The quantitative estimate of drug-likeness (QED) is 0.731. The van der Waals surface area contributed by atoms with Crippen molar-refractivity contribution in [2.45, 2.75) is 40.5 Å². The highest BCUT2D eigenvalue weighted by atomic mass is 32.1. The van der Waals surface area contributed by atoms with E-state index in [1.807, 2.05) is 6.92 Å². The Labute approximate surface area is 152 Å². The fraction of sp³-hybridized carbons (Fsp3) is 0.611. The molecule has 138 valence electrons. The molecule has 25 heavy (non-hydrogen) atoms. The number of hydrogen-bond acceptors (Lipinski definition) is 5. The van der Waals surface area contributed by atoms with E-state index in [4.69, 9.17) is 0 Å². The molecule has 2 aromatic heterocycles. The van der Waals surface area contributed by atoms with Crippen LogP contribution in [0.4, 0.5) is 0 Å². The molecule has 0 bridgehead atoms. The highest BCUT2D eigenvalue weighted by Gasteiger charge is 2.19. The Bertz CT molecular complexity index is 805. The molecular weight excluding hydrogens is 336 g/mol. The molecule has 0 unspecified atom stereocenters. The zero-order valence-corrected chi connectivity index (χ0v) is 16.6. The molecule has 0 aliphatic heterocycles. The van der Waals surface area contributed by atoms with E-state index in [9.17, 15) is 9.59 Å². The van der Waals surface area contributed by atoms with Gasteiger partial charge in [-0.25, -0.2) is 4.98 Å². The SMILES string of the molecule is CCN(CC)CCCCNC(=O)c1sc2nc(C)n(C)c(=O)c2c1C. The van der Waals surface area contributed by atoms with Gasteiger partial charge in [0.2, 0.25) is 0 Å². The van der Waals surface area contributed by atoms with Crippen LogP contribution in [0.5, 0.6) is 0 Å². The lowest BCUT2D eigenvalue weighted by atomic mass is 10.2. The summed E-state index contributed by atoms with van der Waals surface area (Å²) in [6.45, 7) is 11.8. The molecule has 2 heterocycles. The lowest BCUT2D eigenvalue weighted by Gasteiger charge is -2.17. The van der Waals surface area contributed by atoms with Crippen molar-refractivity contribution < 1.29 is 4.79 Å². The van der Waals surface area contributed by atoms with Crippen LogP contribution in [0.25, 0.3) is 10.2 Å². The van der Waals surface area contributed by atoms with E-state index in [0.717, 1.165) is 38.0 Å². The first-order valence-corrected chi connectivity index (χ1v) is 9.69. The van der Waals surface area contributed by atoms with Gasteiger partial charge in [-0.1, -0.05) is 13.8 Å². The lowest BCUT2D eigenvalue weighted by Crippen LogP contribution is -2.27. The second-order valence-electron chi connectivity index (χ2n) is 6.25. The molecule has 0 fully saturated rings. The Balaban J connectivity index is 2.02. The van der Waals surface area contributed by atoms with Crippen LogP contribution in [0.15, 0.2) is 4.79 Å². The monoisotopic (exact) mass is 364 g/mol. The molecule has 2 aromatic rings. The Kier molecular flexibility index (Phi) is 6.72. The molecule has 0 spiro atoms. The van der Waals surface area contributed by atoms with E-state index in [2.05, 4.69) is 29.0 Å². The number of carbonyl (C=O) groups excluding carboxylic acids is 1. The van der Waals surface area contributed by atoms with Crippen molar-refractivity contribution in [1.82, 2.24) is 19.8 Å². The van der Waals surface area contributed by atoms with Crippen molar-refractivity contribution in [3.05, 3.63) is 26.6 Å². The van der Waals surface area contributed by atoms with Gasteiger partial charge in [-0.15, -0.1) is 11.3 Å². The molecule has 1 N–H and O–H groups in total. The number of thiophene rings is 1. The predicted molar refractivity (Wildman–Crippen MR) is 104 cm³/mol. The molecule has 0 aliphatic carbocycles. The maximum absolute atomic E-state index is 12.5. The average Bonchev–Trinajstić information content (AvgIpc) is 2.92. The topological polar surface area (TPSA) is 67.2 Å². The highest BCUT2D eigenvalue weighted by Crippen LogP contribution is 2.27. The van der Waals surface area contributed by atoms with Crippen LogP contribution in [0.3, 0.4) is 0 Å². The van der Waals surface area contributed by atoms with Crippen LogP contribution in [-0.2, 0) is 7.05 Å². The average molecular weight is 365 g/mol. The van der Waals surface area contributed by atoms with Crippen LogP contribution in [0, 0.1) is 13.8 Å². The number of amides is 1. The first-order valence-electron chi connectivity index (χ1n) is 8.87. The van der Waals surface area contributed by atoms with Gasteiger partial charge in [0, 0.05) is 13.6 Å². The Morgan fingerprint density at radius 1 is 1.24 bits per heavy atom. The second-order valence-corrected chi connectivity index (χ2v) is 7.25. The standard InChI is InChI=1S/C18H28N4O2S/c1-6-22(7-2)11-9-8-10-19-16(23)15-12(3)14-17(25-15)20-13(4)21(5)18(14)24/h6-11H2,1-5H3,(H,19,23). The van der Waals surface area contributed by atoms with Crippen molar-refractivity contribution in [1.29, 1.82) is 0 Å². The summed E-state index contributed by atoms with van der Waals surface area (Å²) in [6.07, 6.45) is 2.01. The van der Waals surface area contributed by atoms with Gasteiger partial charge < -0.3 is 10.2 Å². The highest BCUT2D eigenvalue weighted by molar-refractivity contribution is 7.20. The molecule has 0 saturated carbocycles. The minimum atomic E-state index is -0.108. The smallest absolute Gasteiger partial charge is 0.262 e. The summed E-state index contributed by atoms with van der Waals surface area (Å²) in [5, 5.41) is 3.54. The van der Waals surface area contributed by atoms with Crippen molar-refractivity contribution in [2.24, 2.45) is 7.05 Å². The lowest BCUT2D eigenvalue weighted by molar-refractivity contribution is 0.0956. The van der Waals surface area contributed by atoms with E-state index in [1.54, 1.807) is 14.0 Å². The van der Waals surface area contributed by atoms with Crippen LogP contribution in [0.1, 0.15) is 47.7 Å². The van der Waals surface area contributed by atoms with Crippen molar-refractivity contribution >= 4 is 27.5 Å². The summed E-state index contributed by atoms with van der Waals surface area (Å²) < 4.78 is 1.52. The number of rotatable bonds is 8. The van der Waals surface area contributed by atoms with Crippen LogP contribution < -0.4 is 10.9 Å². The minimum absolute atomic E-state index is 0.0884. The molecule has 0 aliphatic rings. The van der Waals surface area contributed by atoms with Crippen LogP contribution in [0.2, 0.25) is 0 Å². The third kappa shape index (κ3) is 4.27. The van der Waals surface area contributed by atoms with Crippen molar-refractivity contribution in [2.75, 3.05) is 26.2 Å². The summed E-state index contributed by atoms with van der Waals surface area (Å²) in [6, 6.07) is 0. The Hall–Kier alpha value is -1.73. The number of aromatic nitrogens is 2. The number of hydrogen-bond donors (Lipinski definition) is 1. The van der Waals surface area contributed by atoms with Crippen molar-refractivity contribution in [3.63, 3.8) is 0 Å². The van der Waals surface area contributed by atoms with Gasteiger partial charge in [0.15, 0.2) is 0 Å². The maximum Gasteiger partial charge on any atom is 0.262 e. The van der Waals surface area contributed by atoms with Crippen molar-refractivity contribution in [3.8, 4) is 0 Å². The van der Waals surface area contributed by atoms with Gasteiger partial charge in [-0.3, -0.25) is 14.2 Å². The second kappa shape index (κ2) is 8.58. The van der Waals surface area contributed by atoms with Gasteiger partial charge in [-0.05, 0) is 51.9 Å². The van der Waals surface area contributed by atoms with E-state index < -0.39 is 0 Å². The minimum Gasteiger partial charge on any atom is -0.351 e. The van der Waals surface area contributed by atoms with Gasteiger partial charge in [0.25, 0.3) is 11.5 Å². The van der Waals surface area contributed by atoms with Crippen LogP contribution >= 0.6 is 11.3 Å². The molecule has 7 heteroatoms. The van der Waals surface area contributed by atoms with Gasteiger partial charge in [0.1, 0.15) is 10.7 Å². The van der Waals surface area contributed by atoms with Gasteiger partial charge in [-0.2, -0.15) is 0 Å². The van der Waals surface area contributed by atoms with Gasteiger partial charge in [0.05, 0.1) is 10.3 Å². The molecule has 0 atom stereocenters. The molecule has 1 amide bonds. The molecule has 6 nitrogen and oxygen atoms in total. The maximum atomic E-state index is 12.5. The molecule has 0 aromatic carbocycles. The van der Waals surface area contributed by atoms with E-state index in [-0.39, 0.29) is 11.5 Å². The summed E-state index contributed by atoms with van der Waals surface area (Å²) >= 11 is 1.30. The molecule has 2 rings (SSSR count). The fourth-order valence-electron chi connectivity index (χ4n) is 2.86.